The Bertz CT molecular complexity index is 3580. The highest BCUT2D eigenvalue weighted by Gasteiger charge is 2.61. The van der Waals surface area contributed by atoms with Crippen molar-refractivity contribution < 1.29 is 4.42 Å². The van der Waals surface area contributed by atoms with Crippen LogP contribution in [0.1, 0.15) is 175 Å². The molecule has 4 nitrogen and oxygen atoms in total. The van der Waals surface area contributed by atoms with Crippen LogP contribution in [0.3, 0.4) is 0 Å². The normalized spacial score (nSPS) is 23.6. The highest BCUT2D eigenvalue weighted by atomic mass is 16.3. The molecular weight excluding hydrogens is 862 g/mol. The fourth-order valence-corrected chi connectivity index (χ4v) is 15.7. The maximum absolute atomic E-state index is 7.10. The lowest BCUT2D eigenvalue weighted by Crippen LogP contribution is -2.64. The van der Waals surface area contributed by atoms with Crippen LogP contribution in [-0.4, -0.2) is 16.8 Å². The number of aromatic nitrogens is 1. The van der Waals surface area contributed by atoms with Gasteiger partial charge < -0.3 is 18.8 Å². The fraction of sp³-hybridized carbons (Fsp3) is 0.424. The lowest BCUT2D eigenvalue weighted by molar-refractivity contribution is 0.195. The molecule has 8 aromatic rings. The van der Waals surface area contributed by atoms with E-state index in [-0.39, 0.29) is 44.7 Å². The van der Waals surface area contributed by atoms with Gasteiger partial charge in [-0.2, -0.15) is 0 Å². The first-order chi connectivity index (χ1) is 33.5. The van der Waals surface area contributed by atoms with Crippen LogP contribution >= 0.6 is 0 Å². The Kier molecular flexibility index (Phi) is 8.49. The van der Waals surface area contributed by atoms with E-state index in [1.807, 2.05) is 0 Å². The van der Waals surface area contributed by atoms with Crippen molar-refractivity contribution in [2.24, 2.45) is 0 Å². The van der Waals surface area contributed by atoms with Crippen LogP contribution in [0.15, 0.2) is 108 Å². The van der Waals surface area contributed by atoms with Crippen LogP contribution in [0.4, 0.5) is 28.4 Å². The van der Waals surface area contributed by atoms with Gasteiger partial charge in [0.25, 0.3) is 6.71 Å². The molecule has 0 bridgehead atoms. The average Bonchev–Trinajstić information content (AvgIpc) is 3.93. The second-order valence-corrected chi connectivity index (χ2v) is 27.4. The Balaban J connectivity index is 1.14. The van der Waals surface area contributed by atoms with Crippen molar-refractivity contribution in [3.05, 3.63) is 137 Å². The van der Waals surface area contributed by atoms with Gasteiger partial charge in [-0.05, 0) is 177 Å². The second kappa shape index (κ2) is 13.7. The van der Waals surface area contributed by atoms with E-state index in [0.717, 1.165) is 17.6 Å². The first-order valence-corrected chi connectivity index (χ1v) is 27.3. The smallest absolute Gasteiger partial charge is 0.252 e. The monoisotopic (exact) mass is 934 g/mol. The molecular formula is C66H72BN3O. The number of hydrogen-bond donors (Lipinski definition) is 0. The molecule has 2 aromatic heterocycles. The van der Waals surface area contributed by atoms with Crippen molar-refractivity contribution in [1.82, 2.24) is 4.57 Å². The van der Waals surface area contributed by atoms with E-state index in [2.05, 4.69) is 208 Å². The Morgan fingerprint density at radius 1 is 0.521 bits per heavy atom. The van der Waals surface area contributed by atoms with Gasteiger partial charge in [0.2, 0.25) is 0 Å². The van der Waals surface area contributed by atoms with Crippen molar-refractivity contribution in [2.45, 2.75) is 179 Å². The molecule has 0 spiro atoms. The van der Waals surface area contributed by atoms with Crippen LogP contribution in [-0.2, 0) is 32.5 Å². The molecule has 2 unspecified atom stereocenters. The highest BCUT2D eigenvalue weighted by molar-refractivity contribution is 7.00. The summed E-state index contributed by atoms with van der Waals surface area (Å²) in [6, 6.07) is 41.6. The van der Waals surface area contributed by atoms with Crippen molar-refractivity contribution in [3.8, 4) is 5.69 Å². The number of para-hydroxylation sites is 2. The van der Waals surface area contributed by atoms with Crippen molar-refractivity contribution >= 4 is 84.5 Å². The molecule has 0 saturated heterocycles. The zero-order chi connectivity index (χ0) is 49.3. The number of anilines is 5. The number of hydrogen-bond acceptors (Lipinski definition) is 3. The molecule has 6 aliphatic rings. The third-order valence-electron chi connectivity index (χ3n) is 20.4. The summed E-state index contributed by atoms with van der Waals surface area (Å²) in [4.78, 5) is 5.58. The summed E-state index contributed by atoms with van der Waals surface area (Å²) in [6.45, 7) is 32.2. The predicted molar refractivity (Wildman–Crippen MR) is 302 cm³/mol. The minimum Gasteiger partial charge on any atom is -0.454 e. The van der Waals surface area contributed by atoms with Crippen LogP contribution in [0.25, 0.3) is 38.7 Å². The highest BCUT2D eigenvalue weighted by Crippen LogP contribution is 2.62. The first-order valence-electron chi connectivity index (χ1n) is 27.3. The van der Waals surface area contributed by atoms with E-state index in [9.17, 15) is 0 Å². The second-order valence-electron chi connectivity index (χ2n) is 27.4. The molecule has 5 heteroatoms. The predicted octanol–water partition coefficient (Wildman–Crippen LogP) is 15.9. The maximum atomic E-state index is 7.10. The zero-order valence-corrected chi connectivity index (χ0v) is 44.8. The van der Waals surface area contributed by atoms with Gasteiger partial charge in [0.1, 0.15) is 11.1 Å². The molecule has 1 saturated carbocycles. The van der Waals surface area contributed by atoms with E-state index in [4.69, 9.17) is 4.42 Å². The van der Waals surface area contributed by atoms with E-state index >= 15 is 0 Å². The quantitative estimate of drug-likeness (QED) is 0.165. The van der Waals surface area contributed by atoms with Gasteiger partial charge >= 0.3 is 0 Å². The lowest BCUT2D eigenvalue weighted by Gasteiger charge is -2.52. The Labute approximate surface area is 422 Å². The number of furan rings is 1. The number of rotatable bonds is 3. The molecule has 2 atom stereocenters. The van der Waals surface area contributed by atoms with Gasteiger partial charge in [-0.3, -0.25) is 0 Å². The van der Waals surface area contributed by atoms with E-state index < -0.39 is 0 Å². The third-order valence-corrected chi connectivity index (χ3v) is 20.4. The summed E-state index contributed by atoms with van der Waals surface area (Å²) >= 11 is 0. The summed E-state index contributed by atoms with van der Waals surface area (Å²) in [7, 11) is 0. The number of nitrogens with zero attached hydrogens (tertiary/aromatic N) is 3. The van der Waals surface area contributed by atoms with Crippen molar-refractivity contribution in [1.29, 1.82) is 0 Å². The summed E-state index contributed by atoms with van der Waals surface area (Å²) in [6.07, 6.45) is 9.59. The molecule has 6 aromatic carbocycles. The van der Waals surface area contributed by atoms with Crippen LogP contribution < -0.4 is 26.2 Å². The topological polar surface area (TPSA) is 24.6 Å². The minimum absolute atomic E-state index is 0.00630. The van der Waals surface area contributed by atoms with Crippen LogP contribution in [0, 0.1) is 0 Å². The van der Waals surface area contributed by atoms with Gasteiger partial charge in [-0.15, -0.1) is 0 Å². The molecule has 3 aliphatic carbocycles. The molecule has 0 N–H and O–H groups in total. The number of benzene rings is 6. The first kappa shape index (κ1) is 44.1. The standard InChI is InChI=1S/C66H72BN3O/c1-60(2,3)39-33-44-56-51(34-39)67-50-21-18-20-47-58(50)70(66(13)28-17-16-27-65(47,66)12)53-38-42(37-52(55(53)67)69(56)57-43-19-14-15-22-54(43)71-59(44)57)68(40-23-25-45-48(35-40)63(8,9)31-29-61(45,4)5)41-24-26-46-49(36-41)64(10,11)32-30-62(46,6)7/h14-15,18-26,33-38H,16-17,27-32H2,1-13H3. The Hall–Kier alpha value is -5.68. The van der Waals surface area contributed by atoms with Gasteiger partial charge in [-0.1, -0.05) is 144 Å². The molecule has 5 heterocycles. The number of fused-ring (bicyclic) bond motifs is 14. The maximum Gasteiger partial charge on any atom is 0.252 e. The van der Waals surface area contributed by atoms with E-state index in [1.54, 1.807) is 0 Å². The summed E-state index contributed by atoms with van der Waals surface area (Å²) in [5.41, 5.74) is 25.5. The summed E-state index contributed by atoms with van der Waals surface area (Å²) < 4.78 is 9.77. The van der Waals surface area contributed by atoms with Gasteiger partial charge in [-0.25, -0.2) is 0 Å². The molecule has 0 amide bonds. The SMILES string of the molecule is CC(C)(C)c1cc2c3c(c1)c1oc4ccccc4c1n3-c1cc(N(c3ccc4c(c3)C(C)(C)CCC4(C)C)c3ccc4c(c3)C(C)(C)CCC4(C)C)cc3c1B2c1cccc2c1N3C1(C)CCCCC21C. The van der Waals surface area contributed by atoms with Crippen molar-refractivity contribution in [3.63, 3.8) is 0 Å². The molecule has 1 fully saturated rings. The summed E-state index contributed by atoms with van der Waals surface area (Å²) in [5.74, 6) is 0. The van der Waals surface area contributed by atoms with Gasteiger partial charge in [0.15, 0.2) is 5.58 Å². The van der Waals surface area contributed by atoms with Crippen LogP contribution in [0.2, 0.25) is 0 Å². The van der Waals surface area contributed by atoms with Gasteiger partial charge in [0, 0.05) is 44.6 Å². The largest absolute Gasteiger partial charge is 0.454 e. The molecule has 71 heavy (non-hydrogen) atoms. The molecule has 360 valence electrons. The van der Waals surface area contributed by atoms with Crippen molar-refractivity contribution in [2.75, 3.05) is 9.80 Å². The Morgan fingerprint density at radius 2 is 1.13 bits per heavy atom. The Morgan fingerprint density at radius 3 is 1.77 bits per heavy atom. The molecule has 3 aliphatic heterocycles. The molecule has 14 rings (SSSR count). The van der Waals surface area contributed by atoms with E-state index in [1.165, 1.54) is 151 Å². The van der Waals surface area contributed by atoms with Gasteiger partial charge in [0.05, 0.1) is 16.7 Å². The third kappa shape index (κ3) is 5.60. The fourth-order valence-electron chi connectivity index (χ4n) is 15.7. The van der Waals surface area contributed by atoms with E-state index in [0.29, 0.717) is 0 Å². The minimum atomic E-state index is -0.105. The zero-order valence-electron chi connectivity index (χ0n) is 44.8. The molecule has 0 radical (unpaired) electrons. The van der Waals surface area contributed by atoms with Crippen LogP contribution in [0.5, 0.6) is 0 Å². The lowest BCUT2D eigenvalue weighted by atomic mass is 9.33. The average molecular weight is 934 g/mol. The summed E-state index contributed by atoms with van der Waals surface area (Å²) in [5, 5.41) is 2.39.